The van der Waals surface area contributed by atoms with Gasteiger partial charge in [-0.25, -0.2) is 14.3 Å². The van der Waals surface area contributed by atoms with Gasteiger partial charge in [0.2, 0.25) is 0 Å². The molecular weight excluding hydrogens is 280 g/mol. The Morgan fingerprint density at radius 1 is 1.05 bits per heavy atom. The molecule has 6 nitrogen and oxygen atoms in total. The first-order valence-electron chi connectivity index (χ1n) is 6.94. The van der Waals surface area contributed by atoms with Crippen molar-refractivity contribution < 1.29 is 9.53 Å². The molecule has 22 heavy (non-hydrogen) atoms. The highest BCUT2D eigenvalue weighted by Crippen LogP contribution is 2.17. The molecule has 3 aromatic rings. The fourth-order valence-electron chi connectivity index (χ4n) is 2.18. The van der Waals surface area contributed by atoms with Crippen LogP contribution in [0.2, 0.25) is 0 Å². The molecule has 0 atom stereocenters. The first-order valence-corrected chi connectivity index (χ1v) is 6.94. The molecule has 2 heterocycles. The molecule has 0 unspecified atom stereocenters. The van der Waals surface area contributed by atoms with Gasteiger partial charge in [0, 0.05) is 11.4 Å². The normalized spacial score (nSPS) is 10.9. The lowest BCUT2D eigenvalue weighted by Gasteiger charge is -2.04. The van der Waals surface area contributed by atoms with Crippen LogP contribution in [-0.2, 0) is 0 Å². The summed E-state index contributed by atoms with van der Waals surface area (Å²) in [4.78, 5) is 20.6. The number of carbonyl (C=O) groups is 1. The van der Waals surface area contributed by atoms with Crippen LogP contribution < -0.4 is 4.74 Å². The third-order valence-electron chi connectivity index (χ3n) is 3.49. The second kappa shape index (κ2) is 5.22. The van der Waals surface area contributed by atoms with Crippen LogP contribution in [0.15, 0.2) is 24.3 Å². The number of aryl methyl sites for hydroxylation is 4. The van der Waals surface area contributed by atoms with Crippen molar-refractivity contribution in [3.8, 4) is 5.75 Å². The number of ether oxygens (including phenoxy) is 1. The maximum Gasteiger partial charge on any atom is 0.383 e. The first-order chi connectivity index (χ1) is 10.4. The van der Waals surface area contributed by atoms with Crippen molar-refractivity contribution in [1.29, 1.82) is 0 Å². The SMILES string of the molecule is Cc1cc(C)n2nc(C(=O)Oc3ccc(C)c(C)c3)nc2n1. The van der Waals surface area contributed by atoms with E-state index in [2.05, 4.69) is 15.1 Å². The molecule has 0 aliphatic carbocycles. The van der Waals surface area contributed by atoms with Gasteiger partial charge in [0.1, 0.15) is 5.75 Å². The Balaban J connectivity index is 1.91. The van der Waals surface area contributed by atoms with Crippen LogP contribution in [0.4, 0.5) is 0 Å². The van der Waals surface area contributed by atoms with Gasteiger partial charge in [-0.1, -0.05) is 6.07 Å². The molecule has 1 aromatic carbocycles. The number of fused-ring (bicyclic) bond motifs is 1. The average molecular weight is 296 g/mol. The van der Waals surface area contributed by atoms with Gasteiger partial charge in [0.05, 0.1) is 0 Å². The Labute approximate surface area is 127 Å². The van der Waals surface area contributed by atoms with Gasteiger partial charge in [0.15, 0.2) is 0 Å². The number of hydrogen-bond donors (Lipinski definition) is 0. The molecule has 0 fully saturated rings. The van der Waals surface area contributed by atoms with Crippen molar-refractivity contribution in [2.75, 3.05) is 0 Å². The van der Waals surface area contributed by atoms with Crippen LogP contribution in [0.5, 0.6) is 5.75 Å². The molecule has 6 heteroatoms. The summed E-state index contributed by atoms with van der Waals surface area (Å²) in [5.41, 5.74) is 3.88. The third kappa shape index (κ3) is 2.55. The van der Waals surface area contributed by atoms with E-state index in [1.54, 1.807) is 6.07 Å². The van der Waals surface area contributed by atoms with Gasteiger partial charge in [-0.3, -0.25) is 0 Å². The lowest BCUT2D eigenvalue weighted by molar-refractivity contribution is 0.0722. The van der Waals surface area contributed by atoms with Crippen LogP contribution in [-0.4, -0.2) is 25.6 Å². The van der Waals surface area contributed by atoms with Crippen molar-refractivity contribution in [1.82, 2.24) is 19.6 Å². The summed E-state index contributed by atoms with van der Waals surface area (Å²) in [5.74, 6) is 0.280. The molecule has 0 amide bonds. The smallest absolute Gasteiger partial charge is 0.383 e. The minimum Gasteiger partial charge on any atom is -0.421 e. The predicted molar refractivity (Wildman–Crippen MR) is 81.1 cm³/mol. The fourth-order valence-corrected chi connectivity index (χ4v) is 2.18. The molecule has 3 rings (SSSR count). The van der Waals surface area contributed by atoms with E-state index in [9.17, 15) is 4.79 Å². The van der Waals surface area contributed by atoms with Crippen LogP contribution in [0.3, 0.4) is 0 Å². The molecular formula is C16H16N4O2. The quantitative estimate of drug-likeness (QED) is 0.537. The fraction of sp³-hybridized carbons (Fsp3) is 0.250. The van der Waals surface area contributed by atoms with E-state index in [1.807, 2.05) is 45.9 Å². The zero-order valence-electron chi connectivity index (χ0n) is 12.9. The van der Waals surface area contributed by atoms with Crippen molar-refractivity contribution in [3.63, 3.8) is 0 Å². The molecule has 2 aromatic heterocycles. The van der Waals surface area contributed by atoms with Crippen LogP contribution in [0.1, 0.15) is 33.1 Å². The predicted octanol–water partition coefficient (Wildman–Crippen LogP) is 2.58. The van der Waals surface area contributed by atoms with E-state index in [0.29, 0.717) is 11.5 Å². The minimum atomic E-state index is -0.592. The first kappa shape index (κ1) is 14.2. The molecule has 0 radical (unpaired) electrons. The van der Waals surface area contributed by atoms with E-state index < -0.39 is 5.97 Å². The van der Waals surface area contributed by atoms with Crippen molar-refractivity contribution >= 4 is 11.7 Å². The Morgan fingerprint density at radius 2 is 1.82 bits per heavy atom. The zero-order chi connectivity index (χ0) is 15.9. The maximum atomic E-state index is 12.2. The number of benzene rings is 1. The molecule has 0 spiro atoms. The summed E-state index contributed by atoms with van der Waals surface area (Å²) in [6.45, 7) is 7.72. The highest BCUT2D eigenvalue weighted by molar-refractivity contribution is 5.87. The van der Waals surface area contributed by atoms with Crippen molar-refractivity contribution in [2.24, 2.45) is 0 Å². The summed E-state index contributed by atoms with van der Waals surface area (Å²) >= 11 is 0. The Hall–Kier alpha value is -2.76. The second-order valence-corrected chi connectivity index (χ2v) is 5.32. The van der Waals surface area contributed by atoms with Gasteiger partial charge in [0.25, 0.3) is 11.6 Å². The summed E-state index contributed by atoms with van der Waals surface area (Å²) in [7, 11) is 0. The number of carbonyl (C=O) groups excluding carboxylic acids is 1. The number of nitrogens with zero attached hydrogens (tertiary/aromatic N) is 4. The third-order valence-corrected chi connectivity index (χ3v) is 3.49. The molecule has 0 aliphatic heterocycles. The number of aromatic nitrogens is 4. The van der Waals surface area contributed by atoms with Gasteiger partial charge in [-0.2, -0.15) is 4.98 Å². The van der Waals surface area contributed by atoms with E-state index in [-0.39, 0.29) is 5.82 Å². The average Bonchev–Trinajstić information content (AvgIpc) is 2.87. The Morgan fingerprint density at radius 3 is 2.55 bits per heavy atom. The monoisotopic (exact) mass is 296 g/mol. The number of rotatable bonds is 2. The lowest BCUT2D eigenvalue weighted by Crippen LogP contribution is -2.11. The maximum absolute atomic E-state index is 12.2. The Bertz CT molecular complexity index is 883. The minimum absolute atomic E-state index is 0.000530. The van der Waals surface area contributed by atoms with E-state index >= 15 is 0 Å². The van der Waals surface area contributed by atoms with Crippen LogP contribution >= 0.6 is 0 Å². The molecule has 112 valence electrons. The van der Waals surface area contributed by atoms with Crippen LogP contribution in [0, 0.1) is 27.7 Å². The van der Waals surface area contributed by atoms with Crippen molar-refractivity contribution in [3.05, 3.63) is 52.6 Å². The van der Waals surface area contributed by atoms with Gasteiger partial charge in [-0.15, -0.1) is 5.10 Å². The van der Waals surface area contributed by atoms with Gasteiger partial charge in [-0.05, 0) is 57.0 Å². The largest absolute Gasteiger partial charge is 0.421 e. The van der Waals surface area contributed by atoms with Gasteiger partial charge < -0.3 is 4.74 Å². The van der Waals surface area contributed by atoms with E-state index in [1.165, 1.54) is 4.52 Å². The molecule has 0 saturated heterocycles. The standard InChI is InChI=1S/C16H16N4O2/c1-9-5-6-13(7-10(9)2)22-15(21)14-18-16-17-11(3)8-12(4)20(16)19-14/h5-8H,1-4H3. The number of esters is 1. The van der Waals surface area contributed by atoms with E-state index in [0.717, 1.165) is 22.5 Å². The highest BCUT2D eigenvalue weighted by atomic mass is 16.5. The molecule has 0 aliphatic rings. The van der Waals surface area contributed by atoms with E-state index in [4.69, 9.17) is 4.74 Å². The highest BCUT2D eigenvalue weighted by Gasteiger charge is 2.17. The summed E-state index contributed by atoms with van der Waals surface area (Å²) < 4.78 is 6.86. The van der Waals surface area contributed by atoms with Crippen molar-refractivity contribution in [2.45, 2.75) is 27.7 Å². The zero-order valence-corrected chi connectivity index (χ0v) is 12.9. The topological polar surface area (TPSA) is 69.4 Å². The molecule has 0 bridgehead atoms. The Kier molecular flexibility index (Phi) is 3.36. The summed E-state index contributed by atoms with van der Waals surface area (Å²) in [6.07, 6.45) is 0. The lowest BCUT2D eigenvalue weighted by atomic mass is 10.1. The number of hydrogen-bond acceptors (Lipinski definition) is 5. The summed E-state index contributed by atoms with van der Waals surface area (Å²) in [5, 5.41) is 4.16. The molecule has 0 N–H and O–H groups in total. The van der Waals surface area contributed by atoms with Crippen LogP contribution in [0.25, 0.3) is 5.78 Å². The van der Waals surface area contributed by atoms with Gasteiger partial charge >= 0.3 is 5.97 Å². The summed E-state index contributed by atoms with van der Waals surface area (Å²) in [6, 6.07) is 7.35. The second-order valence-electron chi connectivity index (χ2n) is 5.32. The molecule has 0 saturated carbocycles.